The highest BCUT2D eigenvalue weighted by Crippen LogP contribution is 2.31. The van der Waals surface area contributed by atoms with Gasteiger partial charge >= 0.3 is 0 Å². The molecule has 18 heavy (non-hydrogen) atoms. The van der Waals surface area contributed by atoms with Crippen molar-refractivity contribution in [1.29, 1.82) is 0 Å². The Morgan fingerprint density at radius 1 is 1.50 bits per heavy atom. The summed E-state index contributed by atoms with van der Waals surface area (Å²) >= 11 is 0. The highest BCUT2D eigenvalue weighted by atomic mass is 19.3. The average molecular weight is 255 g/mol. The Labute approximate surface area is 104 Å². The van der Waals surface area contributed by atoms with E-state index < -0.39 is 18.3 Å². The molecule has 0 N–H and O–H groups in total. The number of alkyl halides is 2. The van der Waals surface area contributed by atoms with Crippen LogP contribution in [0.2, 0.25) is 0 Å². The Hall–Kier alpha value is -1.59. The first-order chi connectivity index (χ1) is 8.54. The number of hydrazone groups is 1. The van der Waals surface area contributed by atoms with Crippen molar-refractivity contribution in [2.24, 2.45) is 16.0 Å². The first kappa shape index (κ1) is 12.9. The molecule has 2 aliphatic heterocycles. The van der Waals surface area contributed by atoms with Gasteiger partial charge in [0.25, 0.3) is 12.3 Å². The first-order valence-corrected chi connectivity index (χ1v) is 5.99. The molecule has 0 aromatic heterocycles. The molecule has 0 aliphatic carbocycles. The molecule has 1 atom stereocenters. The fraction of sp³-hybridized carbons (Fsp3) is 0.583. The molecule has 0 saturated heterocycles. The number of amidine groups is 1. The van der Waals surface area contributed by atoms with Crippen molar-refractivity contribution in [2.45, 2.75) is 33.1 Å². The Bertz CT molecular complexity index is 454. The van der Waals surface area contributed by atoms with E-state index in [0.29, 0.717) is 18.1 Å². The van der Waals surface area contributed by atoms with Crippen LogP contribution in [0.4, 0.5) is 8.78 Å². The van der Waals surface area contributed by atoms with Gasteiger partial charge in [-0.2, -0.15) is 10.1 Å². The van der Waals surface area contributed by atoms with Gasteiger partial charge in [-0.1, -0.05) is 13.3 Å². The summed E-state index contributed by atoms with van der Waals surface area (Å²) in [6.45, 7) is 4.33. The predicted octanol–water partition coefficient (Wildman–Crippen LogP) is 2.22. The number of nitrogens with zero attached hydrogens (tertiary/aromatic N) is 3. The molecular formula is C12H15F2N3O. The zero-order valence-electron chi connectivity index (χ0n) is 10.4. The third-order valence-electron chi connectivity index (χ3n) is 3.04. The van der Waals surface area contributed by atoms with Crippen molar-refractivity contribution in [1.82, 2.24) is 5.01 Å². The molecule has 0 fully saturated rings. The van der Waals surface area contributed by atoms with E-state index in [9.17, 15) is 13.6 Å². The standard InChI is InChI=1S/C12H15F2N3O/c1-3-4-5-17-12-10(7(2)16-17)8(11(13)14)6-9(18)15-12/h6,10-11H,3-5H2,1-2H3. The van der Waals surface area contributed by atoms with Gasteiger partial charge in [-0.15, -0.1) is 0 Å². The second-order valence-corrected chi connectivity index (χ2v) is 4.40. The molecule has 0 radical (unpaired) electrons. The minimum atomic E-state index is -2.65. The summed E-state index contributed by atoms with van der Waals surface area (Å²) in [5.41, 5.74) is 0.383. The third-order valence-corrected chi connectivity index (χ3v) is 3.04. The monoisotopic (exact) mass is 255 g/mol. The molecule has 6 heteroatoms. The number of unbranched alkanes of at least 4 members (excludes halogenated alkanes) is 1. The molecule has 2 aliphatic rings. The van der Waals surface area contributed by atoms with E-state index in [0.717, 1.165) is 18.9 Å². The van der Waals surface area contributed by atoms with E-state index >= 15 is 0 Å². The minimum absolute atomic E-state index is 0.190. The maximum atomic E-state index is 12.9. The number of carbonyl (C=O) groups is 1. The molecule has 1 amide bonds. The summed E-state index contributed by atoms with van der Waals surface area (Å²) in [5.74, 6) is -0.897. The SMILES string of the molecule is CCCCN1N=C(C)C2C(C(F)F)=CC(=O)N=C21. The van der Waals surface area contributed by atoms with Crippen LogP contribution in [0.1, 0.15) is 26.7 Å². The van der Waals surface area contributed by atoms with Crippen molar-refractivity contribution >= 4 is 17.5 Å². The van der Waals surface area contributed by atoms with Crippen LogP contribution in [0.5, 0.6) is 0 Å². The Kier molecular flexibility index (Phi) is 3.54. The largest absolute Gasteiger partial charge is 0.271 e. The van der Waals surface area contributed by atoms with E-state index in [4.69, 9.17) is 0 Å². The first-order valence-electron chi connectivity index (χ1n) is 5.99. The van der Waals surface area contributed by atoms with Gasteiger partial charge in [-0.25, -0.2) is 8.78 Å². The van der Waals surface area contributed by atoms with Crippen molar-refractivity contribution < 1.29 is 13.6 Å². The van der Waals surface area contributed by atoms with E-state index in [-0.39, 0.29) is 5.57 Å². The van der Waals surface area contributed by atoms with Gasteiger partial charge in [0.2, 0.25) is 0 Å². The minimum Gasteiger partial charge on any atom is -0.267 e. The number of hydrogen-bond acceptors (Lipinski definition) is 3. The van der Waals surface area contributed by atoms with Crippen LogP contribution in [0.15, 0.2) is 21.7 Å². The Balaban J connectivity index is 2.29. The van der Waals surface area contributed by atoms with Gasteiger partial charge in [0.1, 0.15) is 5.84 Å². The summed E-state index contributed by atoms with van der Waals surface area (Å²) in [6, 6.07) is 0. The molecule has 4 nitrogen and oxygen atoms in total. The van der Waals surface area contributed by atoms with Crippen molar-refractivity contribution in [3.05, 3.63) is 11.6 Å². The molecule has 0 saturated carbocycles. The number of halogens is 2. The number of rotatable bonds is 4. The number of amides is 1. The zero-order chi connectivity index (χ0) is 13.3. The molecule has 0 aromatic rings. The van der Waals surface area contributed by atoms with E-state index in [1.807, 2.05) is 6.92 Å². The van der Waals surface area contributed by atoms with Crippen molar-refractivity contribution in [3.8, 4) is 0 Å². The number of fused-ring (bicyclic) bond motifs is 1. The van der Waals surface area contributed by atoms with E-state index in [1.54, 1.807) is 11.9 Å². The molecule has 2 heterocycles. The maximum absolute atomic E-state index is 12.9. The summed E-state index contributed by atoms with van der Waals surface area (Å²) in [6.07, 6.45) is 0.126. The van der Waals surface area contributed by atoms with E-state index in [2.05, 4.69) is 10.1 Å². The zero-order valence-corrected chi connectivity index (χ0v) is 10.4. The van der Waals surface area contributed by atoms with Gasteiger partial charge in [-0.05, 0) is 13.3 Å². The molecule has 2 rings (SSSR count). The van der Waals surface area contributed by atoms with Crippen LogP contribution in [0.3, 0.4) is 0 Å². The highest BCUT2D eigenvalue weighted by Gasteiger charge is 2.40. The fourth-order valence-electron chi connectivity index (χ4n) is 2.18. The molecular weight excluding hydrogens is 240 g/mol. The number of aliphatic imine (C=N–C) groups is 1. The maximum Gasteiger partial charge on any atom is 0.271 e. The molecule has 0 aromatic carbocycles. The van der Waals surface area contributed by atoms with Gasteiger partial charge in [-0.3, -0.25) is 9.80 Å². The lowest BCUT2D eigenvalue weighted by atomic mass is 9.92. The number of carbonyl (C=O) groups excluding carboxylic acids is 1. The second-order valence-electron chi connectivity index (χ2n) is 4.40. The lowest BCUT2D eigenvalue weighted by molar-refractivity contribution is -0.113. The normalized spacial score (nSPS) is 22.9. The highest BCUT2D eigenvalue weighted by molar-refractivity contribution is 6.18. The van der Waals surface area contributed by atoms with Gasteiger partial charge in [0, 0.05) is 18.2 Å². The van der Waals surface area contributed by atoms with E-state index in [1.165, 1.54) is 0 Å². The van der Waals surface area contributed by atoms with Gasteiger partial charge < -0.3 is 0 Å². The molecule has 0 bridgehead atoms. The smallest absolute Gasteiger partial charge is 0.267 e. The van der Waals surface area contributed by atoms with Crippen LogP contribution < -0.4 is 0 Å². The summed E-state index contributed by atoms with van der Waals surface area (Å²) < 4.78 is 25.9. The topological polar surface area (TPSA) is 45.0 Å². The molecule has 98 valence electrons. The average Bonchev–Trinajstić information content (AvgIpc) is 2.62. The van der Waals surface area contributed by atoms with Gasteiger partial charge in [0.05, 0.1) is 11.6 Å². The number of hydrogen-bond donors (Lipinski definition) is 0. The van der Waals surface area contributed by atoms with Crippen LogP contribution in [0.25, 0.3) is 0 Å². The Morgan fingerprint density at radius 3 is 2.83 bits per heavy atom. The van der Waals surface area contributed by atoms with Crippen molar-refractivity contribution in [2.75, 3.05) is 6.54 Å². The second kappa shape index (κ2) is 4.96. The molecule has 1 unspecified atom stereocenters. The quantitative estimate of drug-likeness (QED) is 0.773. The Morgan fingerprint density at radius 2 is 2.22 bits per heavy atom. The van der Waals surface area contributed by atoms with Crippen molar-refractivity contribution in [3.63, 3.8) is 0 Å². The summed E-state index contributed by atoms with van der Waals surface area (Å²) in [7, 11) is 0. The summed E-state index contributed by atoms with van der Waals surface area (Å²) in [4.78, 5) is 15.2. The fourth-order valence-corrected chi connectivity index (χ4v) is 2.18. The third kappa shape index (κ3) is 2.19. The van der Waals surface area contributed by atoms with Crippen LogP contribution in [0, 0.1) is 5.92 Å². The van der Waals surface area contributed by atoms with Crippen LogP contribution in [-0.4, -0.2) is 35.4 Å². The number of dihydropyridines is 1. The van der Waals surface area contributed by atoms with Crippen LogP contribution >= 0.6 is 0 Å². The lowest BCUT2D eigenvalue weighted by Crippen LogP contribution is -2.34. The van der Waals surface area contributed by atoms with Gasteiger partial charge in [0.15, 0.2) is 0 Å². The van der Waals surface area contributed by atoms with Crippen LogP contribution in [-0.2, 0) is 4.79 Å². The summed E-state index contributed by atoms with van der Waals surface area (Å²) in [5, 5.41) is 5.81. The lowest BCUT2D eigenvalue weighted by Gasteiger charge is -2.22. The molecule has 0 spiro atoms. The predicted molar refractivity (Wildman–Crippen MR) is 64.7 cm³/mol.